The molecule has 1 aliphatic heterocycles. The summed E-state index contributed by atoms with van der Waals surface area (Å²) < 4.78 is 26.8. The summed E-state index contributed by atoms with van der Waals surface area (Å²) >= 11 is 1.26. The van der Waals surface area contributed by atoms with Crippen LogP contribution in [-0.4, -0.2) is 5.17 Å². The molecule has 2 N–H and O–H groups in total. The molecule has 1 aromatic rings. The molecule has 16 heavy (non-hydrogen) atoms. The summed E-state index contributed by atoms with van der Waals surface area (Å²) in [5, 5.41) is 2.07. The fourth-order valence-electron chi connectivity index (χ4n) is 1.57. The molecule has 1 unspecified atom stereocenters. The summed E-state index contributed by atoms with van der Waals surface area (Å²) in [5.74, 6) is -1.75. The molecule has 0 aromatic heterocycles. The van der Waals surface area contributed by atoms with Crippen molar-refractivity contribution in [2.75, 3.05) is 0 Å². The number of aliphatic imine (C=N–C) groups is 1. The summed E-state index contributed by atoms with van der Waals surface area (Å²) in [6, 6.07) is 4.05. The SMILES string of the molecule is CC1(c2cccc(F)c2F)C=CSC(N)=N1. The molecular weight excluding hydrogens is 230 g/mol. The van der Waals surface area contributed by atoms with E-state index in [-0.39, 0.29) is 5.56 Å². The molecule has 5 heteroatoms. The molecule has 0 spiro atoms. The second-order valence-electron chi connectivity index (χ2n) is 3.62. The molecule has 2 nitrogen and oxygen atoms in total. The van der Waals surface area contributed by atoms with Gasteiger partial charge in [-0.15, -0.1) is 0 Å². The number of halogens is 2. The molecule has 1 aliphatic rings. The van der Waals surface area contributed by atoms with Crippen LogP contribution in [0.5, 0.6) is 0 Å². The van der Waals surface area contributed by atoms with Gasteiger partial charge in [0.05, 0.1) is 0 Å². The average Bonchev–Trinajstić information content (AvgIpc) is 2.21. The lowest BCUT2D eigenvalue weighted by atomic mass is 9.92. The van der Waals surface area contributed by atoms with E-state index < -0.39 is 17.2 Å². The van der Waals surface area contributed by atoms with Crippen molar-refractivity contribution in [2.45, 2.75) is 12.5 Å². The Morgan fingerprint density at radius 1 is 1.38 bits per heavy atom. The molecular formula is C11H10F2N2S. The largest absolute Gasteiger partial charge is 0.378 e. The second-order valence-corrected chi connectivity index (χ2v) is 4.55. The van der Waals surface area contributed by atoms with E-state index >= 15 is 0 Å². The molecule has 0 saturated carbocycles. The van der Waals surface area contributed by atoms with Gasteiger partial charge in [-0.1, -0.05) is 23.9 Å². The smallest absolute Gasteiger partial charge is 0.164 e. The molecule has 0 amide bonds. The molecule has 1 heterocycles. The number of rotatable bonds is 1. The van der Waals surface area contributed by atoms with E-state index in [0.717, 1.165) is 6.07 Å². The standard InChI is InChI=1S/C11H10F2N2S/c1-11(5-6-16-10(14)15-11)7-3-2-4-8(12)9(7)13/h2-6H,1H3,(H2,14,15). The molecule has 0 aliphatic carbocycles. The number of hydrogen-bond donors (Lipinski definition) is 1. The normalized spacial score (nSPS) is 24.3. The first-order valence-corrected chi connectivity index (χ1v) is 5.55. The van der Waals surface area contributed by atoms with Crippen molar-refractivity contribution in [3.8, 4) is 0 Å². The second kappa shape index (κ2) is 3.90. The first-order chi connectivity index (χ1) is 7.53. The third kappa shape index (κ3) is 1.82. The van der Waals surface area contributed by atoms with Crippen molar-refractivity contribution in [3.05, 3.63) is 46.9 Å². The number of nitrogens with zero attached hydrogens (tertiary/aromatic N) is 1. The first-order valence-electron chi connectivity index (χ1n) is 4.67. The summed E-state index contributed by atoms with van der Waals surface area (Å²) in [6.45, 7) is 1.69. The van der Waals surface area contributed by atoms with E-state index in [1.807, 2.05) is 0 Å². The van der Waals surface area contributed by atoms with Gasteiger partial charge in [0.2, 0.25) is 0 Å². The monoisotopic (exact) mass is 240 g/mol. The third-order valence-corrected chi connectivity index (χ3v) is 3.03. The van der Waals surface area contributed by atoms with Gasteiger partial charge in [0.15, 0.2) is 16.8 Å². The van der Waals surface area contributed by atoms with E-state index in [2.05, 4.69) is 4.99 Å². The quantitative estimate of drug-likeness (QED) is 0.819. The van der Waals surface area contributed by atoms with Gasteiger partial charge in [-0.2, -0.15) is 0 Å². The molecule has 2 rings (SSSR count). The zero-order valence-corrected chi connectivity index (χ0v) is 9.39. The maximum Gasteiger partial charge on any atom is 0.164 e. The third-order valence-electron chi connectivity index (χ3n) is 2.42. The molecule has 0 saturated heterocycles. The number of benzene rings is 1. The fraction of sp³-hybridized carbons (Fsp3) is 0.182. The lowest BCUT2D eigenvalue weighted by Gasteiger charge is -2.25. The zero-order chi connectivity index (χ0) is 11.8. The van der Waals surface area contributed by atoms with Gasteiger partial charge in [-0.05, 0) is 24.5 Å². The van der Waals surface area contributed by atoms with E-state index in [9.17, 15) is 8.78 Å². The summed E-state index contributed by atoms with van der Waals surface area (Å²) in [7, 11) is 0. The zero-order valence-electron chi connectivity index (χ0n) is 8.58. The van der Waals surface area contributed by atoms with Crippen LogP contribution in [-0.2, 0) is 5.54 Å². The summed E-state index contributed by atoms with van der Waals surface area (Å²) in [4.78, 5) is 4.15. The van der Waals surface area contributed by atoms with Gasteiger partial charge in [0, 0.05) is 5.56 Å². The molecule has 0 fully saturated rings. The predicted molar refractivity (Wildman–Crippen MR) is 62.1 cm³/mol. The van der Waals surface area contributed by atoms with Gasteiger partial charge < -0.3 is 5.73 Å². The lowest BCUT2D eigenvalue weighted by Crippen LogP contribution is -2.25. The van der Waals surface area contributed by atoms with E-state index in [4.69, 9.17) is 5.73 Å². The van der Waals surface area contributed by atoms with E-state index in [0.29, 0.717) is 5.17 Å². The number of thioether (sulfide) groups is 1. The highest BCUT2D eigenvalue weighted by atomic mass is 32.2. The Kier molecular flexibility index (Phi) is 2.71. The van der Waals surface area contributed by atoms with E-state index in [1.165, 1.54) is 23.9 Å². The fourth-order valence-corrected chi connectivity index (χ4v) is 2.29. The van der Waals surface area contributed by atoms with Crippen molar-refractivity contribution in [3.63, 3.8) is 0 Å². The Balaban J connectivity index is 2.55. The van der Waals surface area contributed by atoms with Crippen LogP contribution >= 0.6 is 11.8 Å². The average molecular weight is 240 g/mol. The Hall–Kier alpha value is -1.36. The Morgan fingerprint density at radius 2 is 2.12 bits per heavy atom. The molecule has 84 valence electrons. The molecule has 0 radical (unpaired) electrons. The highest BCUT2D eigenvalue weighted by molar-refractivity contribution is 8.16. The van der Waals surface area contributed by atoms with Gasteiger partial charge in [-0.25, -0.2) is 13.8 Å². The summed E-state index contributed by atoms with van der Waals surface area (Å²) in [6.07, 6.45) is 1.70. The van der Waals surface area contributed by atoms with Crippen LogP contribution in [0.15, 0.2) is 34.7 Å². The Morgan fingerprint density at radius 3 is 2.81 bits per heavy atom. The number of nitrogens with two attached hydrogens (primary N) is 1. The molecule has 1 aromatic carbocycles. The topological polar surface area (TPSA) is 38.4 Å². The lowest BCUT2D eigenvalue weighted by molar-refractivity contribution is 0.474. The molecule has 1 atom stereocenters. The van der Waals surface area contributed by atoms with Crippen molar-refractivity contribution in [1.82, 2.24) is 0 Å². The van der Waals surface area contributed by atoms with Gasteiger partial charge in [0.25, 0.3) is 0 Å². The van der Waals surface area contributed by atoms with Gasteiger partial charge in [0.1, 0.15) is 5.54 Å². The van der Waals surface area contributed by atoms with Crippen molar-refractivity contribution in [2.24, 2.45) is 10.7 Å². The van der Waals surface area contributed by atoms with E-state index in [1.54, 1.807) is 18.4 Å². The minimum absolute atomic E-state index is 0.187. The van der Waals surface area contributed by atoms with Crippen LogP contribution in [0.2, 0.25) is 0 Å². The predicted octanol–water partition coefficient (Wildman–Crippen LogP) is 2.76. The highest BCUT2D eigenvalue weighted by Crippen LogP contribution is 2.34. The first kappa shape index (κ1) is 11.1. The van der Waals surface area contributed by atoms with Crippen LogP contribution in [0.3, 0.4) is 0 Å². The van der Waals surface area contributed by atoms with Crippen LogP contribution in [0.25, 0.3) is 0 Å². The summed E-state index contributed by atoms with van der Waals surface area (Å²) in [5.41, 5.74) is 4.84. The van der Waals surface area contributed by atoms with Crippen LogP contribution in [0, 0.1) is 11.6 Å². The minimum atomic E-state index is -0.929. The van der Waals surface area contributed by atoms with Crippen LogP contribution in [0.1, 0.15) is 12.5 Å². The minimum Gasteiger partial charge on any atom is -0.378 e. The van der Waals surface area contributed by atoms with Crippen molar-refractivity contribution >= 4 is 16.9 Å². The highest BCUT2D eigenvalue weighted by Gasteiger charge is 2.29. The Labute approximate surface area is 96.3 Å². The van der Waals surface area contributed by atoms with Gasteiger partial charge >= 0.3 is 0 Å². The van der Waals surface area contributed by atoms with Crippen molar-refractivity contribution in [1.29, 1.82) is 0 Å². The number of amidine groups is 1. The van der Waals surface area contributed by atoms with Crippen LogP contribution in [0.4, 0.5) is 8.78 Å². The maximum absolute atomic E-state index is 13.6. The van der Waals surface area contributed by atoms with Gasteiger partial charge in [-0.3, -0.25) is 0 Å². The number of hydrogen-bond acceptors (Lipinski definition) is 3. The van der Waals surface area contributed by atoms with Crippen LogP contribution < -0.4 is 5.73 Å². The maximum atomic E-state index is 13.6. The Bertz CT molecular complexity index is 485. The molecule has 0 bridgehead atoms. The van der Waals surface area contributed by atoms with Crippen molar-refractivity contribution < 1.29 is 8.78 Å².